The van der Waals surface area contributed by atoms with Crippen LogP contribution >= 0.6 is 11.3 Å². The van der Waals surface area contributed by atoms with Crippen molar-refractivity contribution in [3.8, 4) is 0 Å². The topological polar surface area (TPSA) is 78.7 Å². The molecule has 1 aromatic heterocycles. The van der Waals surface area contributed by atoms with Crippen molar-refractivity contribution in [1.29, 1.82) is 0 Å². The Kier molecular flexibility index (Phi) is 8.63. The fraction of sp³-hybridized carbons (Fsp3) is 0.571. The van der Waals surface area contributed by atoms with Crippen LogP contribution in [0.4, 0.5) is 0 Å². The van der Waals surface area contributed by atoms with Crippen LogP contribution < -0.4 is 11.1 Å². The molecule has 0 spiro atoms. The van der Waals surface area contributed by atoms with E-state index >= 15 is 0 Å². The number of hydrogen-bond acceptors (Lipinski definition) is 5. The second kappa shape index (κ2) is 11.7. The number of nitrogens with one attached hydrogen (secondary N) is 1. The van der Waals surface area contributed by atoms with Crippen molar-refractivity contribution in [2.75, 3.05) is 13.1 Å². The minimum atomic E-state index is -0.447. The van der Waals surface area contributed by atoms with E-state index in [2.05, 4.69) is 55.3 Å². The van der Waals surface area contributed by atoms with Crippen molar-refractivity contribution < 1.29 is 9.59 Å². The number of nitrogens with zero attached hydrogens (tertiary/aromatic N) is 2. The Balaban J connectivity index is 1.54. The maximum absolute atomic E-state index is 13.5. The molecule has 1 saturated carbocycles. The van der Waals surface area contributed by atoms with Crippen molar-refractivity contribution in [3.05, 3.63) is 57.8 Å². The first-order valence-electron chi connectivity index (χ1n) is 13.0. The van der Waals surface area contributed by atoms with E-state index in [0.717, 1.165) is 38.8 Å². The lowest BCUT2D eigenvalue weighted by Gasteiger charge is -2.31. The van der Waals surface area contributed by atoms with Gasteiger partial charge in [0.25, 0.3) is 5.91 Å². The Morgan fingerprint density at radius 3 is 2.54 bits per heavy atom. The Hall–Kier alpha value is -2.22. The summed E-state index contributed by atoms with van der Waals surface area (Å²) in [6.45, 7) is 8.93. The Morgan fingerprint density at radius 1 is 1.14 bits per heavy atom. The van der Waals surface area contributed by atoms with E-state index in [9.17, 15) is 9.59 Å². The number of nitrogens with two attached hydrogens (primary N) is 1. The number of hydrogen-bond donors (Lipinski definition) is 2. The van der Waals surface area contributed by atoms with Gasteiger partial charge in [-0.1, -0.05) is 44.2 Å². The van der Waals surface area contributed by atoms with Crippen LogP contribution in [0.15, 0.2) is 41.8 Å². The Bertz CT molecular complexity index is 985. The molecule has 2 unspecified atom stereocenters. The molecule has 2 aromatic rings. The van der Waals surface area contributed by atoms with Crippen molar-refractivity contribution >= 4 is 23.2 Å². The molecule has 2 atom stereocenters. The van der Waals surface area contributed by atoms with E-state index in [4.69, 9.17) is 5.73 Å². The average Bonchev–Trinajstić information content (AvgIpc) is 3.51. The Labute approximate surface area is 213 Å². The summed E-state index contributed by atoms with van der Waals surface area (Å²) in [6, 6.07) is 12.3. The summed E-state index contributed by atoms with van der Waals surface area (Å²) in [6.07, 6.45) is 4.36. The van der Waals surface area contributed by atoms with Crippen LogP contribution in [0.3, 0.4) is 0 Å². The fourth-order valence-corrected chi connectivity index (χ4v) is 6.15. The fourth-order valence-electron chi connectivity index (χ4n) is 5.47. The van der Waals surface area contributed by atoms with Crippen LogP contribution in [-0.4, -0.2) is 58.9 Å². The van der Waals surface area contributed by atoms with Gasteiger partial charge in [0.15, 0.2) is 0 Å². The summed E-state index contributed by atoms with van der Waals surface area (Å²) in [7, 11) is 0. The Morgan fingerprint density at radius 2 is 1.89 bits per heavy atom. The lowest BCUT2D eigenvalue weighted by molar-refractivity contribution is -0.125. The van der Waals surface area contributed by atoms with E-state index in [1.54, 1.807) is 0 Å². The van der Waals surface area contributed by atoms with E-state index in [1.807, 2.05) is 22.4 Å². The molecular weight excluding hydrogens is 456 g/mol. The quantitative estimate of drug-likeness (QED) is 0.575. The molecule has 1 aliphatic heterocycles. The highest BCUT2D eigenvalue weighted by Gasteiger charge is 2.43. The number of thiophene rings is 1. The van der Waals surface area contributed by atoms with Crippen LogP contribution in [0.25, 0.3) is 0 Å². The standard InChI is InChI=1S/C28H40N4O2S/c1-19(2)16-31(17-21-8-5-4-7-20(21)3)24-15-25(27(33)30-23-12-10-22(29)11-13-23)32(18-24)28(34)26-9-6-14-35-26/h4-9,14,19,22-25H,10-13,15-18,29H2,1-3H3,(H,30,33). The van der Waals surface area contributed by atoms with Gasteiger partial charge in [0, 0.05) is 37.8 Å². The third-order valence-corrected chi connectivity index (χ3v) is 8.30. The lowest BCUT2D eigenvalue weighted by atomic mass is 9.91. The van der Waals surface area contributed by atoms with Gasteiger partial charge in [-0.25, -0.2) is 0 Å². The smallest absolute Gasteiger partial charge is 0.264 e. The maximum atomic E-state index is 13.5. The van der Waals surface area contributed by atoms with Crippen LogP contribution in [0, 0.1) is 12.8 Å². The first-order chi connectivity index (χ1) is 16.8. The van der Waals surface area contributed by atoms with Gasteiger partial charge < -0.3 is 16.0 Å². The normalized spacial score (nSPS) is 24.8. The highest BCUT2D eigenvalue weighted by Crippen LogP contribution is 2.29. The van der Waals surface area contributed by atoms with Crippen LogP contribution in [-0.2, 0) is 11.3 Å². The van der Waals surface area contributed by atoms with E-state index < -0.39 is 6.04 Å². The van der Waals surface area contributed by atoms with E-state index in [0.29, 0.717) is 23.8 Å². The lowest BCUT2D eigenvalue weighted by Crippen LogP contribution is -2.50. The zero-order valence-electron chi connectivity index (χ0n) is 21.3. The molecule has 0 radical (unpaired) electrons. The zero-order valence-corrected chi connectivity index (χ0v) is 22.1. The summed E-state index contributed by atoms with van der Waals surface area (Å²) in [4.78, 5) is 32.0. The minimum Gasteiger partial charge on any atom is -0.352 e. The molecule has 6 nitrogen and oxygen atoms in total. The van der Waals surface area contributed by atoms with Gasteiger partial charge in [0.05, 0.1) is 4.88 Å². The van der Waals surface area contributed by atoms with Gasteiger partial charge in [-0.05, 0) is 67.5 Å². The molecule has 2 heterocycles. The molecule has 2 aliphatic rings. The van der Waals surface area contributed by atoms with Crippen molar-refractivity contribution in [1.82, 2.24) is 15.1 Å². The molecular formula is C28H40N4O2S. The number of aryl methyl sites for hydroxylation is 1. The average molecular weight is 497 g/mol. The number of benzene rings is 1. The summed E-state index contributed by atoms with van der Waals surface area (Å²) in [5.74, 6) is 0.437. The zero-order chi connectivity index (χ0) is 24.9. The molecule has 1 aliphatic carbocycles. The molecule has 0 bridgehead atoms. The first-order valence-corrected chi connectivity index (χ1v) is 13.9. The van der Waals surface area contributed by atoms with Crippen molar-refractivity contribution in [3.63, 3.8) is 0 Å². The third kappa shape index (κ3) is 6.51. The predicted molar refractivity (Wildman–Crippen MR) is 142 cm³/mol. The van der Waals surface area contributed by atoms with Gasteiger partial charge in [-0.2, -0.15) is 0 Å². The van der Waals surface area contributed by atoms with Crippen molar-refractivity contribution in [2.24, 2.45) is 11.7 Å². The number of amides is 2. The maximum Gasteiger partial charge on any atom is 0.264 e. The van der Waals surface area contributed by atoms with Crippen LogP contribution in [0.5, 0.6) is 0 Å². The number of rotatable bonds is 8. The van der Waals surface area contributed by atoms with Gasteiger partial charge in [-0.3, -0.25) is 14.5 Å². The second-order valence-electron chi connectivity index (χ2n) is 10.7. The third-order valence-electron chi connectivity index (χ3n) is 7.44. The molecule has 190 valence electrons. The molecule has 1 saturated heterocycles. The molecule has 1 aromatic carbocycles. The number of carbonyl (C=O) groups excluding carboxylic acids is 2. The first kappa shape index (κ1) is 25.9. The summed E-state index contributed by atoms with van der Waals surface area (Å²) in [5.41, 5.74) is 8.64. The highest BCUT2D eigenvalue weighted by atomic mass is 32.1. The molecule has 7 heteroatoms. The number of carbonyl (C=O) groups is 2. The summed E-state index contributed by atoms with van der Waals surface area (Å²) in [5, 5.41) is 5.19. The molecule has 2 amide bonds. The number of likely N-dealkylation sites (tertiary alicyclic amines) is 1. The van der Waals surface area contributed by atoms with Crippen LogP contribution in [0.2, 0.25) is 0 Å². The van der Waals surface area contributed by atoms with E-state index in [1.165, 1.54) is 22.5 Å². The summed E-state index contributed by atoms with van der Waals surface area (Å²) < 4.78 is 0. The highest BCUT2D eigenvalue weighted by molar-refractivity contribution is 7.12. The van der Waals surface area contributed by atoms with E-state index in [-0.39, 0.29) is 29.9 Å². The molecule has 4 rings (SSSR count). The van der Waals surface area contributed by atoms with Gasteiger partial charge in [0.1, 0.15) is 6.04 Å². The monoisotopic (exact) mass is 496 g/mol. The summed E-state index contributed by atoms with van der Waals surface area (Å²) >= 11 is 1.44. The van der Waals surface area contributed by atoms with Gasteiger partial charge in [-0.15, -0.1) is 11.3 Å². The van der Waals surface area contributed by atoms with Crippen LogP contribution in [0.1, 0.15) is 66.8 Å². The molecule has 3 N–H and O–H groups in total. The predicted octanol–water partition coefficient (Wildman–Crippen LogP) is 4.18. The second-order valence-corrected chi connectivity index (χ2v) is 11.7. The molecule has 2 fully saturated rings. The SMILES string of the molecule is Cc1ccccc1CN(CC(C)C)C1CC(C(=O)NC2CCC(N)CC2)N(C(=O)c2cccs2)C1. The van der Waals surface area contributed by atoms with Gasteiger partial charge in [0.2, 0.25) is 5.91 Å². The largest absolute Gasteiger partial charge is 0.352 e. The molecule has 35 heavy (non-hydrogen) atoms. The minimum absolute atomic E-state index is 0.0155. The van der Waals surface area contributed by atoms with Gasteiger partial charge >= 0.3 is 0 Å². The van der Waals surface area contributed by atoms with Crippen molar-refractivity contribution in [2.45, 2.75) is 83.6 Å².